The first-order valence-electron chi connectivity index (χ1n) is 7.05. The summed E-state index contributed by atoms with van der Waals surface area (Å²) in [7, 11) is 2.02. The lowest BCUT2D eigenvalue weighted by atomic mass is 9.76. The molecule has 1 aliphatic rings. The Morgan fingerprint density at radius 2 is 2.21 bits per heavy atom. The molecule has 1 N–H and O–H groups in total. The Morgan fingerprint density at radius 3 is 2.74 bits per heavy atom. The van der Waals surface area contributed by atoms with Gasteiger partial charge in [-0.05, 0) is 55.3 Å². The number of benzene rings is 1. The second-order valence-electron chi connectivity index (χ2n) is 6.34. The second kappa shape index (κ2) is 5.80. The highest BCUT2D eigenvalue weighted by atomic mass is 35.5. The van der Waals surface area contributed by atoms with Crippen LogP contribution in [0.15, 0.2) is 18.2 Å². The Balaban J connectivity index is 2.12. The summed E-state index contributed by atoms with van der Waals surface area (Å²) in [6.45, 7) is 4.71. The molecule has 0 bridgehead atoms. The van der Waals surface area contributed by atoms with Gasteiger partial charge < -0.3 is 5.32 Å². The zero-order valence-corrected chi connectivity index (χ0v) is 12.7. The lowest BCUT2D eigenvalue weighted by molar-refractivity contribution is 0.201. The van der Waals surface area contributed by atoms with Crippen LogP contribution in [-0.4, -0.2) is 13.1 Å². The van der Waals surface area contributed by atoms with E-state index in [4.69, 9.17) is 11.6 Å². The zero-order valence-electron chi connectivity index (χ0n) is 12.0. The van der Waals surface area contributed by atoms with Crippen LogP contribution in [0.4, 0.5) is 4.39 Å². The van der Waals surface area contributed by atoms with Gasteiger partial charge in [-0.2, -0.15) is 0 Å². The van der Waals surface area contributed by atoms with Crippen LogP contribution in [0.2, 0.25) is 5.02 Å². The van der Waals surface area contributed by atoms with E-state index in [-0.39, 0.29) is 10.8 Å². The molecule has 1 aromatic rings. The first-order chi connectivity index (χ1) is 8.94. The number of rotatable bonds is 4. The third-order valence-electron chi connectivity index (χ3n) is 4.64. The van der Waals surface area contributed by atoms with E-state index in [1.807, 2.05) is 13.1 Å². The van der Waals surface area contributed by atoms with Crippen LogP contribution in [0, 0.1) is 17.2 Å². The molecule has 2 unspecified atom stereocenters. The molecule has 0 aromatic heterocycles. The molecule has 2 atom stereocenters. The van der Waals surface area contributed by atoms with Gasteiger partial charge in [-0.25, -0.2) is 4.39 Å². The van der Waals surface area contributed by atoms with Crippen molar-refractivity contribution in [1.29, 1.82) is 0 Å². The van der Waals surface area contributed by atoms with E-state index in [9.17, 15) is 4.39 Å². The topological polar surface area (TPSA) is 12.0 Å². The molecule has 1 aromatic carbocycles. The van der Waals surface area contributed by atoms with Gasteiger partial charge in [0.25, 0.3) is 0 Å². The molecule has 106 valence electrons. The second-order valence-corrected chi connectivity index (χ2v) is 6.74. The zero-order chi connectivity index (χ0) is 14.0. The van der Waals surface area contributed by atoms with Crippen molar-refractivity contribution in [2.75, 3.05) is 7.05 Å². The first-order valence-corrected chi connectivity index (χ1v) is 7.43. The van der Waals surface area contributed by atoms with E-state index in [1.54, 1.807) is 6.07 Å². The Morgan fingerprint density at radius 1 is 1.47 bits per heavy atom. The monoisotopic (exact) mass is 283 g/mol. The summed E-state index contributed by atoms with van der Waals surface area (Å²) in [4.78, 5) is 0. The lowest BCUT2D eigenvalue weighted by Gasteiger charge is -2.34. The molecule has 1 nitrogen and oxygen atoms in total. The fourth-order valence-electron chi connectivity index (χ4n) is 3.47. The third-order valence-corrected chi connectivity index (χ3v) is 4.93. The van der Waals surface area contributed by atoms with Gasteiger partial charge in [0.05, 0.1) is 5.02 Å². The number of halogens is 2. The van der Waals surface area contributed by atoms with Gasteiger partial charge in [0.15, 0.2) is 0 Å². The lowest BCUT2D eigenvalue weighted by Crippen LogP contribution is -2.40. The highest BCUT2D eigenvalue weighted by Crippen LogP contribution is 2.44. The van der Waals surface area contributed by atoms with E-state index in [1.165, 1.54) is 25.3 Å². The van der Waals surface area contributed by atoms with E-state index >= 15 is 0 Å². The highest BCUT2D eigenvalue weighted by Gasteiger charge is 2.38. The van der Waals surface area contributed by atoms with Gasteiger partial charge in [-0.1, -0.05) is 37.9 Å². The van der Waals surface area contributed by atoms with Crippen LogP contribution in [0.3, 0.4) is 0 Å². The summed E-state index contributed by atoms with van der Waals surface area (Å²) >= 11 is 5.86. The summed E-state index contributed by atoms with van der Waals surface area (Å²) in [5, 5.41) is 3.67. The smallest absolute Gasteiger partial charge is 0.141 e. The summed E-state index contributed by atoms with van der Waals surface area (Å²) in [5.74, 6) is 0.328. The van der Waals surface area contributed by atoms with Gasteiger partial charge in [0.2, 0.25) is 0 Å². The van der Waals surface area contributed by atoms with Gasteiger partial charge in [0.1, 0.15) is 5.82 Å². The SMILES string of the molecule is CNC(Cc1ccc(F)c(Cl)c1)C1CCCC1(C)C. The molecule has 0 spiro atoms. The first kappa shape index (κ1) is 14.8. The van der Waals surface area contributed by atoms with Gasteiger partial charge in [-0.15, -0.1) is 0 Å². The molecule has 0 radical (unpaired) electrons. The molecular weight excluding hydrogens is 261 g/mol. The molecule has 1 saturated carbocycles. The van der Waals surface area contributed by atoms with Crippen LogP contribution >= 0.6 is 11.6 Å². The van der Waals surface area contributed by atoms with Crippen LogP contribution in [0.1, 0.15) is 38.7 Å². The number of hydrogen-bond acceptors (Lipinski definition) is 1. The Labute approximate surface area is 120 Å². The van der Waals surface area contributed by atoms with Crippen molar-refractivity contribution in [1.82, 2.24) is 5.32 Å². The molecule has 0 aliphatic heterocycles. The van der Waals surface area contributed by atoms with E-state index in [0.29, 0.717) is 17.4 Å². The molecule has 2 rings (SSSR count). The fourth-order valence-corrected chi connectivity index (χ4v) is 3.67. The van der Waals surface area contributed by atoms with Crippen LogP contribution in [-0.2, 0) is 6.42 Å². The predicted molar refractivity (Wildman–Crippen MR) is 79.1 cm³/mol. The molecule has 0 saturated heterocycles. The van der Waals surface area contributed by atoms with E-state index < -0.39 is 0 Å². The summed E-state index contributed by atoms with van der Waals surface area (Å²) in [6, 6.07) is 5.49. The maximum absolute atomic E-state index is 13.2. The summed E-state index contributed by atoms with van der Waals surface area (Å²) in [6.07, 6.45) is 4.78. The van der Waals surface area contributed by atoms with Crippen LogP contribution < -0.4 is 5.32 Å². The Bertz CT molecular complexity index is 444. The maximum atomic E-state index is 13.2. The van der Waals surface area contributed by atoms with Gasteiger partial charge >= 0.3 is 0 Å². The largest absolute Gasteiger partial charge is 0.316 e. The molecule has 0 heterocycles. The minimum Gasteiger partial charge on any atom is -0.316 e. The summed E-state index contributed by atoms with van der Waals surface area (Å²) < 4.78 is 13.2. The van der Waals surface area contributed by atoms with Crippen molar-refractivity contribution < 1.29 is 4.39 Å². The van der Waals surface area contributed by atoms with Crippen molar-refractivity contribution >= 4 is 11.6 Å². The van der Waals surface area contributed by atoms with Crippen molar-refractivity contribution in [3.05, 3.63) is 34.6 Å². The molecule has 3 heteroatoms. The van der Waals surface area contributed by atoms with E-state index in [0.717, 1.165) is 12.0 Å². The standard InChI is InChI=1S/C16H23ClFN/c1-16(2)8-4-5-12(16)15(19-3)10-11-6-7-14(18)13(17)9-11/h6-7,9,12,15,19H,4-5,8,10H2,1-3H3. The van der Waals surface area contributed by atoms with Crippen molar-refractivity contribution in [3.63, 3.8) is 0 Å². The quantitative estimate of drug-likeness (QED) is 0.862. The van der Waals surface area contributed by atoms with Crippen molar-refractivity contribution in [3.8, 4) is 0 Å². The maximum Gasteiger partial charge on any atom is 0.141 e. The number of hydrogen-bond donors (Lipinski definition) is 1. The number of likely N-dealkylation sites (N-methyl/N-ethyl adjacent to an activating group) is 1. The van der Waals surface area contributed by atoms with Crippen molar-refractivity contribution in [2.45, 2.75) is 45.6 Å². The van der Waals surface area contributed by atoms with Gasteiger partial charge in [-0.3, -0.25) is 0 Å². The normalized spacial score (nSPS) is 23.5. The van der Waals surface area contributed by atoms with E-state index in [2.05, 4.69) is 19.2 Å². The average Bonchev–Trinajstić information content (AvgIpc) is 2.70. The number of nitrogens with one attached hydrogen (secondary N) is 1. The molecular formula is C16H23ClFN. The Kier molecular flexibility index (Phi) is 4.52. The average molecular weight is 284 g/mol. The molecule has 1 fully saturated rings. The molecule has 1 aliphatic carbocycles. The van der Waals surface area contributed by atoms with Crippen LogP contribution in [0.25, 0.3) is 0 Å². The Hall–Kier alpha value is -0.600. The third kappa shape index (κ3) is 3.29. The van der Waals surface area contributed by atoms with Gasteiger partial charge in [0, 0.05) is 6.04 Å². The molecule has 19 heavy (non-hydrogen) atoms. The summed E-state index contributed by atoms with van der Waals surface area (Å²) in [5.41, 5.74) is 1.49. The minimum atomic E-state index is -0.340. The fraction of sp³-hybridized carbons (Fsp3) is 0.625. The van der Waals surface area contributed by atoms with Crippen molar-refractivity contribution in [2.24, 2.45) is 11.3 Å². The van der Waals surface area contributed by atoms with Crippen LogP contribution in [0.5, 0.6) is 0 Å². The predicted octanol–water partition coefficient (Wildman–Crippen LogP) is 4.44. The molecule has 0 amide bonds. The highest BCUT2D eigenvalue weighted by molar-refractivity contribution is 6.30. The minimum absolute atomic E-state index is 0.220.